The lowest BCUT2D eigenvalue weighted by atomic mass is 10.1. The molecule has 0 aliphatic heterocycles. The van der Waals surface area contributed by atoms with E-state index in [2.05, 4.69) is 34.6 Å². The van der Waals surface area contributed by atoms with E-state index in [4.69, 9.17) is 0 Å². The van der Waals surface area contributed by atoms with E-state index in [1.54, 1.807) is 0 Å². The molecular weight excluding hydrogens is 256 g/mol. The van der Waals surface area contributed by atoms with E-state index in [-0.39, 0.29) is 5.48 Å². The molecule has 0 saturated heterocycles. The third-order valence-corrected chi connectivity index (χ3v) is 2.34. The molecule has 0 amide bonds. The molecule has 1 nitrogen and oxygen atoms in total. The summed E-state index contributed by atoms with van der Waals surface area (Å²) in [6.07, 6.45) is 11.2. The largest absolute Gasteiger partial charge is 0.412 e. The van der Waals surface area contributed by atoms with Gasteiger partial charge in [0, 0.05) is 0 Å². The van der Waals surface area contributed by atoms with Gasteiger partial charge in [0.1, 0.15) is 0 Å². The van der Waals surface area contributed by atoms with Gasteiger partial charge in [0.15, 0.2) is 0 Å². The maximum Gasteiger partial charge on any atom is -0.0471 e. The fourth-order valence-corrected chi connectivity index (χ4v) is 1.29. The zero-order valence-corrected chi connectivity index (χ0v) is 17.7. The minimum atomic E-state index is 0. The van der Waals surface area contributed by atoms with Crippen LogP contribution in [0.15, 0.2) is 0 Å². The van der Waals surface area contributed by atoms with Crippen molar-refractivity contribution in [1.29, 1.82) is 0 Å². The van der Waals surface area contributed by atoms with Gasteiger partial charge in [-0.15, -0.1) is 0 Å². The van der Waals surface area contributed by atoms with Crippen LogP contribution in [0, 0.1) is 5.92 Å². The van der Waals surface area contributed by atoms with Gasteiger partial charge in [-0.1, -0.05) is 128 Å². The van der Waals surface area contributed by atoms with Crippen molar-refractivity contribution in [2.75, 3.05) is 0 Å². The van der Waals surface area contributed by atoms with Crippen LogP contribution >= 0.6 is 0 Å². The van der Waals surface area contributed by atoms with Crippen LogP contribution in [-0.2, 0) is 0 Å². The predicted octanol–water partition coefficient (Wildman–Crippen LogP) is 8.06. The van der Waals surface area contributed by atoms with Crippen LogP contribution in [-0.4, -0.2) is 5.48 Å². The highest BCUT2D eigenvalue weighted by molar-refractivity contribution is 4.42. The molecule has 2 N–H and O–H groups in total. The van der Waals surface area contributed by atoms with Gasteiger partial charge in [0.2, 0.25) is 0 Å². The Balaban J connectivity index is -0.0000000381. The lowest BCUT2D eigenvalue weighted by Crippen LogP contribution is -1.83. The Bertz CT molecular complexity index is 75.9. The molecule has 0 saturated carbocycles. The molecule has 1 heteroatoms. The SMILES string of the molecule is CC.CC.CC.CCCCC(C)C.CCCCCCC.O. The predicted molar refractivity (Wildman–Crippen MR) is 106 cm³/mol. The Labute approximate surface area is 139 Å². The molecule has 0 aromatic rings. The van der Waals surface area contributed by atoms with Gasteiger partial charge in [-0.05, 0) is 5.92 Å². The van der Waals surface area contributed by atoms with Crippen LogP contribution in [0.3, 0.4) is 0 Å². The summed E-state index contributed by atoms with van der Waals surface area (Å²) >= 11 is 0. The molecule has 0 aliphatic rings. The van der Waals surface area contributed by atoms with Crippen molar-refractivity contribution in [3.8, 4) is 0 Å². The molecule has 0 atom stereocenters. The molecule has 0 aromatic heterocycles. The topological polar surface area (TPSA) is 31.5 Å². The Hall–Kier alpha value is -0.0400. The second-order valence-electron chi connectivity index (χ2n) is 4.60. The van der Waals surface area contributed by atoms with Gasteiger partial charge in [-0.25, -0.2) is 0 Å². The van der Waals surface area contributed by atoms with E-state index in [0.29, 0.717) is 0 Å². The maximum absolute atomic E-state index is 2.27. The molecule has 21 heavy (non-hydrogen) atoms. The maximum atomic E-state index is 2.27. The van der Waals surface area contributed by atoms with Gasteiger partial charge < -0.3 is 5.48 Å². The van der Waals surface area contributed by atoms with Crippen molar-refractivity contribution in [2.24, 2.45) is 5.92 Å². The van der Waals surface area contributed by atoms with E-state index >= 15 is 0 Å². The molecule has 0 fully saturated rings. The van der Waals surface area contributed by atoms with Crippen molar-refractivity contribution in [3.63, 3.8) is 0 Å². The molecule has 0 heterocycles. The first-order chi connectivity index (χ1) is 9.68. The highest BCUT2D eigenvalue weighted by atomic mass is 16.0. The fourth-order valence-electron chi connectivity index (χ4n) is 1.29. The standard InChI is InChI=1S/2C7H16.3C2H6.H2O/c1-4-5-6-7(2)3;1-3-5-7-6-4-2;3*1-2;/h7H,4-6H2,1-3H3;3-7H2,1-2H3;3*1-2H3;1H2. The van der Waals surface area contributed by atoms with Crippen LogP contribution in [0.5, 0.6) is 0 Å². The van der Waals surface area contributed by atoms with Crippen LogP contribution in [0.25, 0.3) is 0 Å². The van der Waals surface area contributed by atoms with Gasteiger partial charge >= 0.3 is 0 Å². The molecule has 0 aliphatic carbocycles. The highest BCUT2D eigenvalue weighted by Gasteiger charge is 1.88. The van der Waals surface area contributed by atoms with Crippen molar-refractivity contribution < 1.29 is 5.48 Å². The van der Waals surface area contributed by atoms with E-state index in [1.807, 2.05) is 41.5 Å². The zero-order valence-electron chi connectivity index (χ0n) is 17.7. The van der Waals surface area contributed by atoms with Gasteiger partial charge in [-0.2, -0.15) is 0 Å². The average molecular weight is 309 g/mol. The Kier molecular flexibility index (Phi) is 106. The van der Waals surface area contributed by atoms with Crippen LogP contribution < -0.4 is 0 Å². The van der Waals surface area contributed by atoms with Gasteiger partial charge in [0.05, 0.1) is 0 Å². The Morgan fingerprint density at radius 1 is 0.524 bits per heavy atom. The normalized spacial score (nSPS) is 7.43. The van der Waals surface area contributed by atoms with E-state index in [1.165, 1.54) is 51.4 Å². The van der Waals surface area contributed by atoms with Crippen LogP contribution in [0.2, 0.25) is 0 Å². The third-order valence-electron chi connectivity index (χ3n) is 2.34. The molecule has 0 aromatic carbocycles. The summed E-state index contributed by atoms with van der Waals surface area (Å²) in [6.45, 7) is 23.3. The van der Waals surface area contributed by atoms with E-state index < -0.39 is 0 Å². The summed E-state index contributed by atoms with van der Waals surface area (Å²) in [7, 11) is 0. The number of unbranched alkanes of at least 4 members (excludes halogenated alkanes) is 5. The Morgan fingerprint density at radius 3 is 0.952 bits per heavy atom. The summed E-state index contributed by atoms with van der Waals surface area (Å²) < 4.78 is 0. The fraction of sp³-hybridized carbons (Fsp3) is 1.00. The Morgan fingerprint density at radius 2 is 0.810 bits per heavy atom. The summed E-state index contributed by atoms with van der Waals surface area (Å²) in [4.78, 5) is 0. The van der Waals surface area contributed by atoms with E-state index in [9.17, 15) is 0 Å². The lowest BCUT2D eigenvalue weighted by molar-refractivity contribution is 0.550. The molecule has 0 radical (unpaired) electrons. The highest BCUT2D eigenvalue weighted by Crippen LogP contribution is 2.04. The number of hydrogen-bond donors (Lipinski definition) is 0. The quantitative estimate of drug-likeness (QED) is 0.426. The van der Waals surface area contributed by atoms with Crippen molar-refractivity contribution in [2.45, 2.75) is 128 Å². The minimum absolute atomic E-state index is 0. The zero-order chi connectivity index (χ0) is 17.2. The van der Waals surface area contributed by atoms with Crippen molar-refractivity contribution in [3.05, 3.63) is 0 Å². The van der Waals surface area contributed by atoms with Gasteiger partial charge in [0.25, 0.3) is 0 Å². The molecule has 0 spiro atoms. The van der Waals surface area contributed by atoms with E-state index in [0.717, 1.165) is 5.92 Å². The van der Waals surface area contributed by atoms with Crippen molar-refractivity contribution in [1.82, 2.24) is 0 Å². The minimum Gasteiger partial charge on any atom is -0.412 e. The summed E-state index contributed by atoms with van der Waals surface area (Å²) in [5.74, 6) is 0.903. The third kappa shape index (κ3) is 102. The lowest BCUT2D eigenvalue weighted by Gasteiger charge is -1.98. The molecule has 0 unspecified atom stereocenters. The average Bonchev–Trinajstić information content (AvgIpc) is 2.52. The van der Waals surface area contributed by atoms with Crippen molar-refractivity contribution >= 4 is 0 Å². The summed E-state index contributed by atoms with van der Waals surface area (Å²) in [5.41, 5.74) is 0. The first kappa shape index (κ1) is 37.3. The smallest absolute Gasteiger partial charge is 0.0471 e. The second kappa shape index (κ2) is 59.7. The second-order valence-corrected chi connectivity index (χ2v) is 4.60. The first-order valence-corrected chi connectivity index (χ1v) is 9.68. The van der Waals surface area contributed by atoms with Crippen LogP contribution in [0.1, 0.15) is 128 Å². The molecule has 138 valence electrons. The van der Waals surface area contributed by atoms with Crippen LogP contribution in [0.4, 0.5) is 0 Å². The number of hydrogen-bond acceptors (Lipinski definition) is 0. The molecular formula is C20H52O. The summed E-state index contributed by atoms with van der Waals surface area (Å²) in [6, 6.07) is 0. The molecule has 0 rings (SSSR count). The molecule has 0 bridgehead atoms. The monoisotopic (exact) mass is 308 g/mol. The van der Waals surface area contributed by atoms with Gasteiger partial charge in [-0.3, -0.25) is 0 Å². The summed E-state index contributed by atoms with van der Waals surface area (Å²) in [5, 5.41) is 0. The number of rotatable bonds is 7. The first-order valence-electron chi connectivity index (χ1n) is 9.68.